The first kappa shape index (κ1) is 20.0. The molecule has 0 fully saturated rings. The third-order valence-electron chi connectivity index (χ3n) is 3.66. The van der Waals surface area contributed by atoms with Gasteiger partial charge in [0.05, 0.1) is 25.2 Å². The maximum Gasteiger partial charge on any atom is 0.191 e. The minimum absolute atomic E-state index is 0.236. The van der Waals surface area contributed by atoms with E-state index in [0.717, 1.165) is 10.0 Å². The van der Waals surface area contributed by atoms with Crippen LogP contribution in [0, 0.1) is 5.82 Å². The number of aliphatic imine (C=N–C) groups is 1. The standard InChI is InChI=1S/C19H23BrFN3O2/c1-4-22-19(24-12-14-7-5-6-8-16(14)21)23-11-13-9-15(20)18(26-3)17(10-13)25-2/h5-10H,4,11-12H2,1-3H3,(H2,22,23,24). The summed E-state index contributed by atoms with van der Waals surface area (Å²) >= 11 is 3.48. The van der Waals surface area contributed by atoms with Crippen molar-refractivity contribution in [3.05, 3.63) is 57.8 Å². The van der Waals surface area contributed by atoms with E-state index in [9.17, 15) is 4.39 Å². The van der Waals surface area contributed by atoms with E-state index in [4.69, 9.17) is 9.47 Å². The van der Waals surface area contributed by atoms with E-state index in [1.807, 2.05) is 25.1 Å². The highest BCUT2D eigenvalue weighted by Gasteiger charge is 2.10. The molecule has 140 valence electrons. The second-order valence-corrected chi connectivity index (χ2v) is 6.31. The minimum atomic E-state index is -0.236. The lowest BCUT2D eigenvalue weighted by atomic mass is 10.2. The van der Waals surface area contributed by atoms with Gasteiger partial charge < -0.3 is 20.1 Å². The maximum absolute atomic E-state index is 13.7. The van der Waals surface area contributed by atoms with Crippen molar-refractivity contribution in [2.75, 3.05) is 20.8 Å². The minimum Gasteiger partial charge on any atom is -0.493 e. The Bertz CT molecular complexity index is 768. The molecule has 0 spiro atoms. The molecular weight excluding hydrogens is 401 g/mol. The monoisotopic (exact) mass is 423 g/mol. The molecule has 0 unspecified atom stereocenters. The molecule has 0 aromatic heterocycles. The van der Waals surface area contributed by atoms with E-state index in [1.165, 1.54) is 6.07 Å². The van der Waals surface area contributed by atoms with E-state index in [-0.39, 0.29) is 5.82 Å². The zero-order valence-corrected chi connectivity index (χ0v) is 16.7. The summed E-state index contributed by atoms with van der Waals surface area (Å²) in [6.07, 6.45) is 0. The first-order valence-electron chi connectivity index (χ1n) is 8.25. The fourth-order valence-corrected chi connectivity index (χ4v) is 3.05. The fraction of sp³-hybridized carbons (Fsp3) is 0.316. The van der Waals surface area contributed by atoms with Crippen LogP contribution >= 0.6 is 15.9 Å². The summed E-state index contributed by atoms with van der Waals surface area (Å²) in [4.78, 5) is 4.56. The van der Waals surface area contributed by atoms with Gasteiger partial charge in [-0.05, 0) is 46.6 Å². The summed E-state index contributed by atoms with van der Waals surface area (Å²) in [7, 11) is 3.19. The van der Waals surface area contributed by atoms with Crippen LogP contribution in [0.2, 0.25) is 0 Å². The molecule has 2 N–H and O–H groups in total. The van der Waals surface area contributed by atoms with Gasteiger partial charge in [0.1, 0.15) is 5.82 Å². The van der Waals surface area contributed by atoms with Crippen LogP contribution in [0.1, 0.15) is 18.1 Å². The van der Waals surface area contributed by atoms with Crippen LogP contribution in [0.4, 0.5) is 4.39 Å². The Labute approximate surface area is 161 Å². The molecule has 0 bridgehead atoms. The molecule has 0 aliphatic carbocycles. The average Bonchev–Trinajstić information content (AvgIpc) is 2.64. The Morgan fingerprint density at radius 3 is 2.58 bits per heavy atom. The predicted molar refractivity (Wildman–Crippen MR) is 105 cm³/mol. The fourth-order valence-electron chi connectivity index (χ4n) is 2.40. The van der Waals surface area contributed by atoms with Crippen LogP contribution < -0.4 is 20.1 Å². The van der Waals surface area contributed by atoms with Crippen LogP contribution in [-0.4, -0.2) is 26.7 Å². The van der Waals surface area contributed by atoms with Crippen molar-refractivity contribution in [2.24, 2.45) is 4.99 Å². The predicted octanol–water partition coefficient (Wildman–Crippen LogP) is 3.86. The maximum atomic E-state index is 13.7. The Morgan fingerprint density at radius 1 is 1.15 bits per heavy atom. The summed E-state index contributed by atoms with van der Waals surface area (Å²) in [6, 6.07) is 10.5. The van der Waals surface area contributed by atoms with Gasteiger partial charge in [-0.3, -0.25) is 0 Å². The summed E-state index contributed by atoms with van der Waals surface area (Å²) in [6.45, 7) is 3.48. The molecule has 0 saturated carbocycles. The van der Waals surface area contributed by atoms with Gasteiger partial charge >= 0.3 is 0 Å². The first-order chi connectivity index (χ1) is 12.6. The van der Waals surface area contributed by atoms with Gasteiger partial charge in [0.25, 0.3) is 0 Å². The Morgan fingerprint density at radius 2 is 1.92 bits per heavy atom. The molecular formula is C19H23BrFN3O2. The number of benzene rings is 2. The van der Waals surface area contributed by atoms with Crippen LogP contribution in [-0.2, 0) is 13.1 Å². The van der Waals surface area contributed by atoms with Crippen molar-refractivity contribution in [2.45, 2.75) is 20.0 Å². The molecule has 0 aliphatic rings. The van der Waals surface area contributed by atoms with Gasteiger partial charge in [-0.1, -0.05) is 18.2 Å². The zero-order chi connectivity index (χ0) is 18.9. The molecule has 0 heterocycles. The number of halogens is 2. The molecule has 0 aliphatic heterocycles. The largest absolute Gasteiger partial charge is 0.493 e. The summed E-state index contributed by atoms with van der Waals surface area (Å²) in [5.41, 5.74) is 1.55. The Kier molecular flexibility index (Phi) is 7.72. The number of ether oxygens (including phenoxy) is 2. The normalized spacial score (nSPS) is 11.2. The lowest BCUT2D eigenvalue weighted by molar-refractivity contribution is 0.352. The summed E-state index contributed by atoms with van der Waals surface area (Å²) < 4.78 is 25.2. The number of hydrogen-bond acceptors (Lipinski definition) is 3. The van der Waals surface area contributed by atoms with Crippen molar-refractivity contribution in [1.82, 2.24) is 10.6 Å². The molecule has 2 rings (SSSR count). The molecule has 5 nitrogen and oxygen atoms in total. The summed E-state index contributed by atoms with van der Waals surface area (Å²) in [5.74, 6) is 1.66. The van der Waals surface area contributed by atoms with E-state index in [1.54, 1.807) is 26.4 Å². The number of nitrogens with one attached hydrogen (secondary N) is 2. The molecule has 0 radical (unpaired) electrons. The zero-order valence-electron chi connectivity index (χ0n) is 15.1. The second-order valence-electron chi connectivity index (χ2n) is 5.45. The molecule has 0 amide bonds. The van der Waals surface area contributed by atoms with Crippen molar-refractivity contribution < 1.29 is 13.9 Å². The van der Waals surface area contributed by atoms with E-state index < -0.39 is 0 Å². The Balaban J connectivity index is 2.11. The number of nitrogens with zero attached hydrogens (tertiary/aromatic N) is 1. The van der Waals surface area contributed by atoms with Crippen LogP contribution in [0.15, 0.2) is 45.9 Å². The molecule has 26 heavy (non-hydrogen) atoms. The first-order valence-corrected chi connectivity index (χ1v) is 9.04. The third kappa shape index (κ3) is 5.36. The van der Waals surface area contributed by atoms with Gasteiger partial charge in [0.2, 0.25) is 0 Å². The molecule has 7 heteroatoms. The average molecular weight is 424 g/mol. The molecule has 0 atom stereocenters. The van der Waals surface area contributed by atoms with Gasteiger partial charge in [-0.25, -0.2) is 9.38 Å². The highest BCUT2D eigenvalue weighted by Crippen LogP contribution is 2.36. The number of hydrogen-bond donors (Lipinski definition) is 2. The second kappa shape index (κ2) is 10.0. The quantitative estimate of drug-likeness (QED) is 0.524. The van der Waals surface area contributed by atoms with Crippen LogP contribution in [0.3, 0.4) is 0 Å². The SMILES string of the molecule is CCNC(=NCc1cc(Br)c(OC)c(OC)c1)NCc1ccccc1F. The molecule has 0 saturated heterocycles. The van der Waals surface area contributed by atoms with Crippen molar-refractivity contribution >= 4 is 21.9 Å². The number of guanidine groups is 1. The van der Waals surface area contributed by atoms with Crippen molar-refractivity contribution in [1.29, 1.82) is 0 Å². The van der Waals surface area contributed by atoms with Gasteiger partial charge in [0.15, 0.2) is 17.5 Å². The highest BCUT2D eigenvalue weighted by molar-refractivity contribution is 9.10. The lowest BCUT2D eigenvalue weighted by Crippen LogP contribution is -2.37. The Hall–Kier alpha value is -2.28. The van der Waals surface area contributed by atoms with E-state index >= 15 is 0 Å². The number of rotatable bonds is 7. The van der Waals surface area contributed by atoms with Gasteiger partial charge in [-0.2, -0.15) is 0 Å². The smallest absolute Gasteiger partial charge is 0.191 e. The van der Waals surface area contributed by atoms with Crippen molar-refractivity contribution in [3.63, 3.8) is 0 Å². The van der Waals surface area contributed by atoms with Crippen LogP contribution in [0.5, 0.6) is 11.5 Å². The third-order valence-corrected chi connectivity index (χ3v) is 4.25. The van der Waals surface area contributed by atoms with Gasteiger partial charge in [0, 0.05) is 18.7 Å². The lowest BCUT2D eigenvalue weighted by Gasteiger charge is -2.13. The number of methoxy groups -OCH3 is 2. The van der Waals surface area contributed by atoms with Crippen molar-refractivity contribution in [3.8, 4) is 11.5 Å². The van der Waals surface area contributed by atoms with Crippen LogP contribution in [0.25, 0.3) is 0 Å². The topological polar surface area (TPSA) is 54.9 Å². The summed E-state index contributed by atoms with van der Waals surface area (Å²) in [5, 5.41) is 6.30. The van der Waals surface area contributed by atoms with Gasteiger partial charge in [-0.15, -0.1) is 0 Å². The highest BCUT2D eigenvalue weighted by atomic mass is 79.9. The molecule has 2 aromatic rings. The molecule has 2 aromatic carbocycles. The van der Waals surface area contributed by atoms with E-state index in [2.05, 4.69) is 31.6 Å². The van der Waals surface area contributed by atoms with E-state index in [0.29, 0.717) is 42.7 Å².